The molecule has 0 fully saturated rings. The number of thioether (sulfide) groups is 2. The van der Waals surface area contributed by atoms with Crippen molar-refractivity contribution in [2.24, 2.45) is 0 Å². The maximum atomic E-state index is 12.1. The van der Waals surface area contributed by atoms with Crippen LogP contribution in [0.3, 0.4) is 0 Å². The quantitative estimate of drug-likeness (QED) is 0.674. The first kappa shape index (κ1) is 18.6. The average molecular weight is 388 g/mol. The maximum absolute atomic E-state index is 12.1. The zero-order chi connectivity index (χ0) is 16.8. The van der Waals surface area contributed by atoms with Crippen LogP contribution in [0.15, 0.2) is 20.8 Å². The van der Waals surface area contributed by atoms with E-state index in [0.29, 0.717) is 10.7 Å². The number of halogens is 1. The van der Waals surface area contributed by atoms with E-state index in [1.807, 2.05) is 26.0 Å². The monoisotopic (exact) mass is 387 g/mol. The van der Waals surface area contributed by atoms with E-state index in [1.165, 1.54) is 23.1 Å². The van der Waals surface area contributed by atoms with Crippen LogP contribution in [0.2, 0.25) is 5.02 Å². The van der Waals surface area contributed by atoms with Crippen LogP contribution in [0.4, 0.5) is 5.69 Å². The minimum Gasteiger partial charge on any atom is -0.324 e. The van der Waals surface area contributed by atoms with Gasteiger partial charge in [0.1, 0.15) is 0 Å². The number of anilines is 1. The molecule has 124 valence electrons. The summed E-state index contributed by atoms with van der Waals surface area (Å²) in [4.78, 5) is 12.1. The first-order valence-electron chi connectivity index (χ1n) is 7.15. The summed E-state index contributed by atoms with van der Waals surface area (Å²) in [5.41, 5.74) is 2.72. The summed E-state index contributed by atoms with van der Waals surface area (Å²) >= 11 is 10.8. The second-order valence-corrected chi connectivity index (χ2v) is 8.91. The minimum atomic E-state index is -0.0955. The summed E-state index contributed by atoms with van der Waals surface area (Å²) in [7, 11) is 0. The number of hydrogen-bond acceptors (Lipinski definition) is 6. The van der Waals surface area contributed by atoms with Crippen molar-refractivity contribution in [1.82, 2.24) is 10.2 Å². The molecule has 1 aromatic heterocycles. The van der Waals surface area contributed by atoms with Crippen molar-refractivity contribution in [3.8, 4) is 0 Å². The summed E-state index contributed by atoms with van der Waals surface area (Å²) in [6, 6.07) is 3.84. The van der Waals surface area contributed by atoms with Gasteiger partial charge >= 0.3 is 0 Å². The topological polar surface area (TPSA) is 54.9 Å². The number of nitrogens with one attached hydrogen (secondary N) is 1. The highest BCUT2D eigenvalue weighted by Crippen LogP contribution is 2.30. The summed E-state index contributed by atoms with van der Waals surface area (Å²) < 4.78 is 1.76. The van der Waals surface area contributed by atoms with E-state index in [-0.39, 0.29) is 11.7 Å². The zero-order valence-corrected chi connectivity index (χ0v) is 16.4. The van der Waals surface area contributed by atoms with E-state index in [1.54, 1.807) is 11.8 Å². The van der Waals surface area contributed by atoms with Crippen LogP contribution in [0.25, 0.3) is 0 Å². The maximum Gasteiger partial charge on any atom is 0.234 e. The highest BCUT2D eigenvalue weighted by atomic mass is 35.5. The van der Waals surface area contributed by atoms with Crippen LogP contribution in [0.1, 0.15) is 24.5 Å². The molecule has 23 heavy (non-hydrogen) atoms. The van der Waals surface area contributed by atoms with Crippen LogP contribution < -0.4 is 5.32 Å². The van der Waals surface area contributed by atoms with Gasteiger partial charge < -0.3 is 5.32 Å². The molecule has 0 unspecified atom stereocenters. The van der Waals surface area contributed by atoms with Gasteiger partial charge in [0.25, 0.3) is 0 Å². The van der Waals surface area contributed by atoms with Crippen LogP contribution in [0, 0.1) is 13.8 Å². The number of hydrogen-bond donors (Lipinski definition) is 1. The molecule has 0 saturated heterocycles. The SMILES string of the molecule is CCCSc1nnc(SCC(=O)Nc2c(C)cc(C)cc2Cl)s1. The van der Waals surface area contributed by atoms with Crippen molar-refractivity contribution >= 4 is 58.1 Å². The summed E-state index contributed by atoms with van der Waals surface area (Å²) in [6.07, 6.45) is 1.10. The fourth-order valence-electron chi connectivity index (χ4n) is 1.88. The first-order valence-corrected chi connectivity index (χ1v) is 10.3. The van der Waals surface area contributed by atoms with Crippen LogP contribution in [-0.4, -0.2) is 27.6 Å². The lowest BCUT2D eigenvalue weighted by molar-refractivity contribution is -0.113. The summed E-state index contributed by atoms with van der Waals surface area (Å²) in [5.74, 6) is 1.23. The van der Waals surface area contributed by atoms with Crippen molar-refractivity contribution in [2.75, 3.05) is 16.8 Å². The van der Waals surface area contributed by atoms with Crippen molar-refractivity contribution in [3.05, 3.63) is 28.3 Å². The standard InChI is InChI=1S/C15H18ClN3OS3/c1-4-5-21-14-18-19-15(23-14)22-8-12(20)17-13-10(3)6-9(2)7-11(13)16/h6-7H,4-5,8H2,1-3H3,(H,17,20). The Labute approximate surface area is 153 Å². The third-order valence-electron chi connectivity index (χ3n) is 2.84. The van der Waals surface area contributed by atoms with Crippen LogP contribution >= 0.6 is 46.5 Å². The highest BCUT2D eigenvalue weighted by molar-refractivity contribution is 8.03. The van der Waals surface area contributed by atoms with E-state index >= 15 is 0 Å². The van der Waals surface area contributed by atoms with Crippen LogP contribution in [0.5, 0.6) is 0 Å². The van der Waals surface area contributed by atoms with Gasteiger partial charge in [-0.15, -0.1) is 10.2 Å². The second kappa shape index (κ2) is 8.92. The number of carbonyl (C=O) groups is 1. The summed E-state index contributed by atoms with van der Waals surface area (Å²) in [6.45, 7) is 6.04. The molecule has 0 spiro atoms. The van der Waals surface area contributed by atoms with Gasteiger partial charge in [0.05, 0.1) is 16.5 Å². The molecule has 1 N–H and O–H groups in total. The number of aryl methyl sites for hydroxylation is 2. The minimum absolute atomic E-state index is 0.0955. The number of carbonyl (C=O) groups excluding carboxylic acids is 1. The molecule has 1 aromatic carbocycles. The first-order chi connectivity index (χ1) is 11.0. The number of nitrogens with zero attached hydrogens (tertiary/aromatic N) is 2. The smallest absolute Gasteiger partial charge is 0.234 e. The third-order valence-corrected chi connectivity index (χ3v) is 6.53. The van der Waals surface area contributed by atoms with Gasteiger partial charge in [0.2, 0.25) is 5.91 Å². The molecule has 0 aliphatic heterocycles. The molecular weight excluding hydrogens is 370 g/mol. The van der Waals surface area contributed by atoms with Crippen molar-refractivity contribution in [3.63, 3.8) is 0 Å². The molecule has 0 saturated carbocycles. The normalized spacial score (nSPS) is 10.8. The molecule has 0 bridgehead atoms. The lowest BCUT2D eigenvalue weighted by atomic mass is 10.1. The van der Waals surface area contributed by atoms with Crippen molar-refractivity contribution in [2.45, 2.75) is 35.9 Å². The third kappa shape index (κ3) is 5.67. The number of benzene rings is 1. The fourth-order valence-corrected chi connectivity index (χ4v) is 4.99. The van der Waals surface area contributed by atoms with E-state index in [9.17, 15) is 4.79 Å². The Hall–Kier alpha value is -0.760. The van der Waals surface area contributed by atoms with Crippen molar-refractivity contribution < 1.29 is 4.79 Å². The van der Waals surface area contributed by atoms with Gasteiger partial charge in [-0.25, -0.2) is 0 Å². The van der Waals surface area contributed by atoms with Gasteiger partial charge in [-0.2, -0.15) is 0 Å². The molecule has 2 rings (SSSR count). The average Bonchev–Trinajstić information content (AvgIpc) is 2.94. The van der Waals surface area contributed by atoms with E-state index in [4.69, 9.17) is 11.6 Å². The van der Waals surface area contributed by atoms with Gasteiger partial charge in [-0.3, -0.25) is 4.79 Å². The lowest BCUT2D eigenvalue weighted by Gasteiger charge is -2.11. The Morgan fingerprint density at radius 1 is 1.26 bits per heavy atom. The summed E-state index contributed by atoms with van der Waals surface area (Å²) in [5, 5.41) is 11.7. The number of aromatic nitrogens is 2. The molecule has 0 aliphatic rings. The Morgan fingerprint density at radius 2 is 1.96 bits per heavy atom. The van der Waals surface area contributed by atoms with Gasteiger partial charge in [0.15, 0.2) is 8.68 Å². The fraction of sp³-hybridized carbons (Fsp3) is 0.400. The molecular formula is C15H18ClN3OS3. The Balaban J connectivity index is 1.89. The Morgan fingerprint density at radius 3 is 2.61 bits per heavy atom. The molecule has 4 nitrogen and oxygen atoms in total. The number of rotatable bonds is 7. The second-order valence-electron chi connectivity index (χ2n) is 4.96. The van der Waals surface area contributed by atoms with Crippen LogP contribution in [-0.2, 0) is 4.79 Å². The van der Waals surface area contributed by atoms with E-state index < -0.39 is 0 Å². The van der Waals surface area contributed by atoms with Gasteiger partial charge in [-0.1, -0.05) is 59.5 Å². The van der Waals surface area contributed by atoms with E-state index in [2.05, 4.69) is 22.4 Å². The molecule has 1 amide bonds. The predicted octanol–water partition coefficient (Wildman–Crippen LogP) is 5.04. The van der Waals surface area contributed by atoms with Gasteiger partial charge in [-0.05, 0) is 37.5 Å². The lowest BCUT2D eigenvalue weighted by Crippen LogP contribution is -2.15. The molecule has 1 heterocycles. The molecule has 8 heteroatoms. The largest absolute Gasteiger partial charge is 0.324 e. The van der Waals surface area contributed by atoms with Gasteiger partial charge in [0, 0.05) is 5.75 Å². The zero-order valence-electron chi connectivity index (χ0n) is 13.2. The predicted molar refractivity (Wildman–Crippen MR) is 101 cm³/mol. The Kier molecular flexibility index (Phi) is 7.20. The molecule has 2 aromatic rings. The molecule has 0 aliphatic carbocycles. The highest BCUT2D eigenvalue weighted by Gasteiger charge is 2.12. The number of amides is 1. The van der Waals surface area contributed by atoms with E-state index in [0.717, 1.165) is 32.0 Å². The Bertz CT molecular complexity index is 667. The molecule has 0 atom stereocenters. The van der Waals surface area contributed by atoms with Crippen molar-refractivity contribution in [1.29, 1.82) is 0 Å². The molecule has 0 radical (unpaired) electrons.